The monoisotopic (exact) mass is 439 g/mol. The number of carbonyl (C=O) groups excluding carboxylic acids is 3. The molecule has 1 saturated heterocycles. The number of carbonyl (C=O) groups is 3. The summed E-state index contributed by atoms with van der Waals surface area (Å²) >= 11 is 3.34. The predicted octanol–water partition coefficient (Wildman–Crippen LogP) is 4.20. The molecule has 0 radical (unpaired) electrons. The Kier molecular flexibility index (Phi) is 4.12. The van der Waals surface area contributed by atoms with Crippen LogP contribution in [-0.2, 0) is 9.59 Å². The molecular formula is C22H18BrNO4. The van der Waals surface area contributed by atoms with Gasteiger partial charge in [0.25, 0.3) is 0 Å². The van der Waals surface area contributed by atoms with Gasteiger partial charge in [-0.15, -0.1) is 0 Å². The van der Waals surface area contributed by atoms with Gasteiger partial charge < -0.3 is 4.74 Å². The fourth-order valence-corrected chi connectivity index (χ4v) is 5.34. The summed E-state index contributed by atoms with van der Waals surface area (Å²) in [7, 11) is 0. The van der Waals surface area contributed by atoms with E-state index in [4.69, 9.17) is 4.74 Å². The fraction of sp³-hybridized carbons (Fsp3) is 0.318. The van der Waals surface area contributed by atoms with E-state index in [0.717, 1.165) is 23.7 Å². The maximum atomic E-state index is 12.9. The molecule has 2 aliphatic carbocycles. The van der Waals surface area contributed by atoms with Crippen LogP contribution >= 0.6 is 15.9 Å². The summed E-state index contributed by atoms with van der Waals surface area (Å²) in [6.45, 7) is 0. The van der Waals surface area contributed by atoms with E-state index < -0.39 is 5.97 Å². The summed E-state index contributed by atoms with van der Waals surface area (Å²) in [6.07, 6.45) is 3.13. The number of halogens is 1. The van der Waals surface area contributed by atoms with Crippen molar-refractivity contribution < 1.29 is 19.1 Å². The second-order valence-electron chi connectivity index (χ2n) is 7.79. The summed E-state index contributed by atoms with van der Waals surface area (Å²) in [5, 5.41) is 0. The zero-order chi connectivity index (χ0) is 19.4. The highest BCUT2D eigenvalue weighted by Crippen LogP contribution is 2.56. The van der Waals surface area contributed by atoms with Gasteiger partial charge in [-0.1, -0.05) is 15.9 Å². The quantitative estimate of drug-likeness (QED) is 0.408. The molecule has 28 heavy (non-hydrogen) atoms. The molecule has 0 spiro atoms. The van der Waals surface area contributed by atoms with Crippen molar-refractivity contribution in [1.82, 2.24) is 0 Å². The van der Waals surface area contributed by atoms with E-state index in [0.29, 0.717) is 28.8 Å². The predicted molar refractivity (Wildman–Crippen MR) is 106 cm³/mol. The van der Waals surface area contributed by atoms with Crippen molar-refractivity contribution in [2.24, 2.45) is 23.7 Å². The first-order chi connectivity index (χ1) is 13.5. The van der Waals surface area contributed by atoms with Crippen molar-refractivity contribution in [2.45, 2.75) is 19.3 Å². The maximum Gasteiger partial charge on any atom is 0.343 e. The zero-order valence-corrected chi connectivity index (χ0v) is 16.6. The lowest BCUT2D eigenvalue weighted by Crippen LogP contribution is -2.32. The van der Waals surface area contributed by atoms with Crippen LogP contribution in [0.25, 0.3) is 0 Å². The lowest BCUT2D eigenvalue weighted by atomic mass is 9.81. The molecule has 0 unspecified atom stereocenters. The van der Waals surface area contributed by atoms with Crippen LogP contribution < -0.4 is 9.64 Å². The van der Waals surface area contributed by atoms with Crippen molar-refractivity contribution in [3.05, 3.63) is 58.6 Å². The molecule has 3 fully saturated rings. The molecule has 3 aliphatic rings. The molecular weight excluding hydrogens is 422 g/mol. The highest BCUT2D eigenvalue weighted by molar-refractivity contribution is 9.10. The number of anilines is 1. The summed E-state index contributed by atoms with van der Waals surface area (Å²) < 4.78 is 6.25. The number of esters is 1. The summed E-state index contributed by atoms with van der Waals surface area (Å²) in [5.41, 5.74) is 0.898. The van der Waals surface area contributed by atoms with E-state index in [-0.39, 0.29) is 23.7 Å². The largest absolute Gasteiger partial charge is 0.423 e. The second kappa shape index (κ2) is 6.55. The Morgan fingerprint density at radius 2 is 1.46 bits per heavy atom. The highest BCUT2D eigenvalue weighted by atomic mass is 79.9. The van der Waals surface area contributed by atoms with Gasteiger partial charge in [-0.3, -0.25) is 14.5 Å². The first-order valence-corrected chi connectivity index (χ1v) is 10.3. The molecule has 0 aromatic heterocycles. The SMILES string of the molecule is O=C(Oc1ccc(Br)cc1)c1ccc(N2C(=O)[C@@H]3[C@H]4CC[C@@H](C4)[C@H]3C2=O)cc1. The fourth-order valence-electron chi connectivity index (χ4n) is 5.08. The molecule has 5 rings (SSSR count). The number of fused-ring (bicyclic) bond motifs is 5. The van der Waals surface area contributed by atoms with Crippen LogP contribution in [0.5, 0.6) is 5.75 Å². The topological polar surface area (TPSA) is 63.7 Å². The number of amides is 2. The van der Waals surface area contributed by atoms with E-state index in [2.05, 4.69) is 15.9 Å². The minimum absolute atomic E-state index is 0.0765. The number of benzene rings is 2. The van der Waals surface area contributed by atoms with Crippen molar-refractivity contribution in [2.75, 3.05) is 4.90 Å². The van der Waals surface area contributed by atoms with Crippen LogP contribution in [0, 0.1) is 23.7 Å². The Labute approximate surface area is 170 Å². The number of ether oxygens (including phenoxy) is 1. The average Bonchev–Trinajstić information content (AvgIpc) is 3.38. The van der Waals surface area contributed by atoms with E-state index in [1.165, 1.54) is 4.90 Å². The van der Waals surface area contributed by atoms with Crippen molar-refractivity contribution >= 4 is 39.4 Å². The Morgan fingerprint density at radius 3 is 2.04 bits per heavy atom. The van der Waals surface area contributed by atoms with Gasteiger partial charge in [0.2, 0.25) is 11.8 Å². The van der Waals surface area contributed by atoms with Gasteiger partial charge >= 0.3 is 5.97 Å². The third-order valence-corrected chi connectivity index (χ3v) is 6.84. The lowest BCUT2D eigenvalue weighted by Gasteiger charge is -2.19. The lowest BCUT2D eigenvalue weighted by molar-refractivity contribution is -0.123. The van der Waals surface area contributed by atoms with Crippen molar-refractivity contribution in [3.8, 4) is 5.75 Å². The van der Waals surface area contributed by atoms with Crippen LogP contribution in [0.2, 0.25) is 0 Å². The summed E-state index contributed by atoms with van der Waals surface area (Å²) in [6, 6.07) is 13.5. The highest BCUT2D eigenvalue weighted by Gasteiger charge is 2.61. The van der Waals surface area contributed by atoms with Crippen molar-refractivity contribution in [3.63, 3.8) is 0 Å². The Hall–Kier alpha value is -2.47. The van der Waals surface area contributed by atoms with E-state index >= 15 is 0 Å². The van der Waals surface area contributed by atoms with Gasteiger partial charge in [0.05, 0.1) is 23.1 Å². The number of rotatable bonds is 3. The van der Waals surface area contributed by atoms with Crippen LogP contribution in [0.15, 0.2) is 53.0 Å². The van der Waals surface area contributed by atoms with Gasteiger partial charge in [-0.05, 0) is 79.6 Å². The molecule has 2 amide bonds. The van der Waals surface area contributed by atoms with Crippen LogP contribution in [0.1, 0.15) is 29.6 Å². The average molecular weight is 440 g/mol. The minimum Gasteiger partial charge on any atom is -0.423 e. The molecule has 2 bridgehead atoms. The first-order valence-electron chi connectivity index (χ1n) is 9.48. The molecule has 2 saturated carbocycles. The smallest absolute Gasteiger partial charge is 0.343 e. The summed E-state index contributed by atoms with van der Waals surface area (Å²) in [4.78, 5) is 39.4. The molecule has 1 heterocycles. The molecule has 5 nitrogen and oxygen atoms in total. The van der Waals surface area contributed by atoms with Gasteiger partial charge in [-0.2, -0.15) is 0 Å². The zero-order valence-electron chi connectivity index (χ0n) is 15.0. The second-order valence-corrected chi connectivity index (χ2v) is 8.70. The number of hydrogen-bond acceptors (Lipinski definition) is 4. The van der Waals surface area contributed by atoms with Crippen LogP contribution in [0.4, 0.5) is 5.69 Å². The summed E-state index contributed by atoms with van der Waals surface area (Å²) in [5.74, 6) is 0.239. The Bertz CT molecular complexity index is 941. The number of nitrogens with zero attached hydrogens (tertiary/aromatic N) is 1. The Balaban J connectivity index is 1.34. The molecule has 6 heteroatoms. The first kappa shape index (κ1) is 17.6. The third kappa shape index (κ3) is 2.70. The van der Waals surface area contributed by atoms with E-state index in [1.807, 2.05) is 0 Å². The normalized spacial score (nSPS) is 28.0. The van der Waals surface area contributed by atoms with Crippen molar-refractivity contribution in [1.29, 1.82) is 0 Å². The van der Waals surface area contributed by atoms with Gasteiger partial charge in [0.15, 0.2) is 0 Å². The van der Waals surface area contributed by atoms with Gasteiger partial charge in [-0.25, -0.2) is 4.79 Å². The molecule has 142 valence electrons. The maximum absolute atomic E-state index is 12.9. The van der Waals surface area contributed by atoms with E-state index in [1.54, 1.807) is 48.5 Å². The molecule has 0 N–H and O–H groups in total. The molecule has 2 aromatic rings. The van der Waals surface area contributed by atoms with Gasteiger partial charge in [0.1, 0.15) is 5.75 Å². The van der Waals surface area contributed by atoms with E-state index in [9.17, 15) is 14.4 Å². The standard InChI is InChI=1S/C22H18BrNO4/c23-15-5-9-17(10-6-15)28-22(27)12-3-7-16(8-4-12)24-20(25)18-13-1-2-14(11-13)19(18)21(24)26/h3-10,13-14,18-19H,1-2,11H2/t13-,14-,18+,19+/m0/s1. The molecule has 1 aliphatic heterocycles. The van der Waals surface area contributed by atoms with Crippen LogP contribution in [0.3, 0.4) is 0 Å². The number of imide groups is 1. The Morgan fingerprint density at radius 1 is 0.893 bits per heavy atom. The van der Waals surface area contributed by atoms with Crippen LogP contribution in [-0.4, -0.2) is 17.8 Å². The molecule has 4 atom stereocenters. The molecule has 2 aromatic carbocycles. The number of hydrogen-bond donors (Lipinski definition) is 0. The third-order valence-electron chi connectivity index (χ3n) is 6.31. The van der Waals surface area contributed by atoms with Gasteiger partial charge in [0, 0.05) is 4.47 Å². The minimum atomic E-state index is -0.483.